The zero-order valence-corrected chi connectivity index (χ0v) is 21.4. The van der Waals surface area contributed by atoms with Crippen molar-refractivity contribution >= 4 is 21.6 Å². The lowest BCUT2D eigenvalue weighted by Gasteiger charge is -2.21. The molecular weight excluding hydrogens is 448 g/mol. The molecule has 0 aliphatic carbocycles. The van der Waals surface area contributed by atoms with Gasteiger partial charge in [-0.1, -0.05) is 39.8 Å². The second-order valence-electron chi connectivity index (χ2n) is 9.28. The lowest BCUT2D eigenvalue weighted by Crippen LogP contribution is -2.19. The highest BCUT2D eigenvalue weighted by Gasteiger charge is 2.20. The van der Waals surface area contributed by atoms with E-state index in [2.05, 4.69) is 47.6 Å². The van der Waals surface area contributed by atoms with E-state index in [4.69, 9.17) is 5.14 Å². The van der Waals surface area contributed by atoms with E-state index in [0.29, 0.717) is 10.6 Å². The molecule has 9 heteroatoms. The first-order valence-corrected chi connectivity index (χ1v) is 12.8. The molecule has 0 radical (unpaired) electrons. The maximum atomic E-state index is 13.1. The summed E-state index contributed by atoms with van der Waals surface area (Å²) in [5.74, 6) is 0.254. The molecule has 8 nitrogen and oxygen atoms in total. The number of urea groups is 1. The number of carbonyl (C=O) groups excluding carboxylic acids is 1. The Kier molecular flexibility index (Phi) is 7.91. The summed E-state index contributed by atoms with van der Waals surface area (Å²) in [5.41, 5.74) is 5.52. The summed E-state index contributed by atoms with van der Waals surface area (Å²) in [4.78, 5) is 15.3. The topological polar surface area (TPSA) is 116 Å². The molecule has 1 unspecified atom stereocenters. The molecule has 3 aromatic rings. The van der Waals surface area contributed by atoms with Crippen LogP contribution in [0.1, 0.15) is 56.2 Å². The van der Waals surface area contributed by atoms with Crippen LogP contribution in [-0.4, -0.2) is 39.4 Å². The largest absolute Gasteiger partial charge is 0.354 e. The van der Waals surface area contributed by atoms with Gasteiger partial charge >= 0.3 is 6.03 Å². The van der Waals surface area contributed by atoms with Gasteiger partial charge in [0.05, 0.1) is 10.6 Å². The number of aromatic nitrogens is 2. The van der Waals surface area contributed by atoms with Crippen LogP contribution in [0.15, 0.2) is 57.9 Å². The van der Waals surface area contributed by atoms with Crippen LogP contribution in [0.3, 0.4) is 0 Å². The number of H-pyrrole nitrogens is 1. The Labute approximate surface area is 202 Å². The van der Waals surface area contributed by atoms with Gasteiger partial charge in [-0.15, -0.1) is 4.36 Å². The van der Waals surface area contributed by atoms with Crippen molar-refractivity contribution in [3.8, 4) is 11.3 Å². The second kappa shape index (κ2) is 10.5. The summed E-state index contributed by atoms with van der Waals surface area (Å²) >= 11 is 0. The highest BCUT2D eigenvalue weighted by molar-refractivity contribution is 7.91. The Hall–Kier alpha value is -3.01. The van der Waals surface area contributed by atoms with Gasteiger partial charge in [0.2, 0.25) is 0 Å². The van der Waals surface area contributed by atoms with Crippen LogP contribution >= 0.6 is 0 Å². The maximum Gasteiger partial charge on any atom is 0.354 e. The van der Waals surface area contributed by atoms with E-state index in [1.807, 2.05) is 49.3 Å². The molecule has 0 fully saturated rings. The number of aromatic amines is 1. The third kappa shape index (κ3) is 6.11. The third-order valence-electron chi connectivity index (χ3n) is 5.47. The number of nitrogens with one attached hydrogen (secondary N) is 2. The number of nitrogens with two attached hydrogens (primary N) is 1. The summed E-state index contributed by atoms with van der Waals surface area (Å²) < 4.78 is 17.0. The molecule has 2 aromatic carbocycles. The number of rotatable bonds is 7. The average molecular weight is 483 g/mol. The highest BCUT2D eigenvalue weighted by atomic mass is 32.2. The monoisotopic (exact) mass is 482 g/mol. The molecule has 4 N–H and O–H groups in total. The van der Waals surface area contributed by atoms with E-state index >= 15 is 0 Å². The van der Waals surface area contributed by atoms with Gasteiger partial charge in [0.1, 0.15) is 9.92 Å². The van der Waals surface area contributed by atoms with Crippen molar-refractivity contribution < 1.29 is 9.00 Å². The predicted molar refractivity (Wildman–Crippen MR) is 138 cm³/mol. The van der Waals surface area contributed by atoms with Gasteiger partial charge < -0.3 is 10.2 Å². The number of benzene rings is 2. The van der Waals surface area contributed by atoms with Crippen LogP contribution in [0.25, 0.3) is 11.3 Å². The number of hydrogen-bond acceptors (Lipinski definition) is 4. The first kappa shape index (κ1) is 25.6. The summed E-state index contributed by atoms with van der Waals surface area (Å²) in [6, 6.07) is 12.2. The van der Waals surface area contributed by atoms with Crippen molar-refractivity contribution in [2.75, 3.05) is 19.4 Å². The minimum Gasteiger partial charge on any atom is -0.305 e. The lowest BCUT2D eigenvalue weighted by atomic mass is 9.89. The second-order valence-corrected chi connectivity index (χ2v) is 11.1. The standard InChI is InChI=1S/C25H34N6O2S/c1-16(2)21-13-19(23-11-12-27-29-23)14-22(17(3)4)24(21)28-25(32)30-34(26,33)20-9-7-18(8-10-20)15-31(5)6/h7-14,16-17H,15H2,1-6H3,(H,27,29)(H3,26,28,30,32,33). The fraction of sp³-hybridized carbons (Fsp3) is 0.360. The van der Waals surface area contributed by atoms with Gasteiger partial charge in [-0.2, -0.15) is 5.10 Å². The Morgan fingerprint density at radius 3 is 2.15 bits per heavy atom. The smallest absolute Gasteiger partial charge is 0.305 e. The quantitative estimate of drug-likeness (QED) is 0.423. The van der Waals surface area contributed by atoms with Gasteiger partial charge in [-0.3, -0.25) is 5.10 Å². The van der Waals surface area contributed by atoms with Crippen molar-refractivity contribution in [3.63, 3.8) is 0 Å². The first-order chi connectivity index (χ1) is 16.0. The summed E-state index contributed by atoms with van der Waals surface area (Å²) in [5, 5.41) is 15.9. The van der Waals surface area contributed by atoms with Gasteiger partial charge in [0, 0.05) is 24.0 Å². The maximum absolute atomic E-state index is 13.1. The molecule has 1 heterocycles. The molecule has 34 heavy (non-hydrogen) atoms. The van der Waals surface area contributed by atoms with Crippen LogP contribution < -0.4 is 10.5 Å². The number of amides is 2. The molecule has 3 rings (SSSR count). The first-order valence-electron chi connectivity index (χ1n) is 11.2. The highest BCUT2D eigenvalue weighted by Crippen LogP contribution is 2.37. The SMILES string of the molecule is CC(C)c1cc(-c2ccn[nH]2)cc(C(C)C)c1NC(=O)N=S(N)(=O)c1ccc(CN(C)C)cc1. The van der Waals surface area contributed by atoms with Crippen molar-refractivity contribution in [1.29, 1.82) is 0 Å². The van der Waals surface area contributed by atoms with Gasteiger partial charge in [-0.05, 0) is 73.0 Å². The van der Waals surface area contributed by atoms with Crippen LogP contribution in [-0.2, 0) is 16.5 Å². The van der Waals surface area contributed by atoms with Crippen LogP contribution in [0.2, 0.25) is 0 Å². The van der Waals surface area contributed by atoms with Crippen molar-refractivity contribution in [2.24, 2.45) is 9.50 Å². The van der Waals surface area contributed by atoms with E-state index in [0.717, 1.165) is 34.5 Å². The van der Waals surface area contributed by atoms with Gasteiger partial charge in [0.15, 0.2) is 0 Å². The molecule has 0 bridgehead atoms. The molecule has 0 spiro atoms. The predicted octanol–water partition coefficient (Wildman–Crippen LogP) is 5.32. The molecule has 182 valence electrons. The van der Waals surface area contributed by atoms with Crippen molar-refractivity contribution in [3.05, 3.63) is 65.4 Å². The van der Waals surface area contributed by atoms with Crippen molar-refractivity contribution in [2.45, 2.75) is 51.0 Å². The molecule has 0 saturated carbocycles. The van der Waals surface area contributed by atoms with E-state index < -0.39 is 15.9 Å². The Bertz CT molecular complexity index is 1230. The fourth-order valence-corrected chi connectivity index (χ4v) is 4.70. The zero-order chi connectivity index (χ0) is 25.0. The van der Waals surface area contributed by atoms with Crippen LogP contribution in [0.4, 0.5) is 10.5 Å². The summed E-state index contributed by atoms with van der Waals surface area (Å²) in [6.07, 6.45) is 1.71. The van der Waals surface area contributed by atoms with E-state index in [9.17, 15) is 9.00 Å². The minimum atomic E-state index is -3.40. The molecule has 1 aromatic heterocycles. The summed E-state index contributed by atoms with van der Waals surface area (Å²) in [7, 11) is 0.542. The Morgan fingerprint density at radius 1 is 1.09 bits per heavy atom. The van der Waals surface area contributed by atoms with Crippen LogP contribution in [0.5, 0.6) is 0 Å². The Morgan fingerprint density at radius 2 is 1.68 bits per heavy atom. The third-order valence-corrected chi connectivity index (χ3v) is 6.85. The van der Waals surface area contributed by atoms with E-state index in [1.54, 1.807) is 18.3 Å². The average Bonchev–Trinajstić information content (AvgIpc) is 3.28. The molecular formula is C25H34N6O2S. The molecule has 1 atom stereocenters. The van der Waals surface area contributed by atoms with E-state index in [-0.39, 0.29) is 11.8 Å². The van der Waals surface area contributed by atoms with Crippen molar-refractivity contribution in [1.82, 2.24) is 15.1 Å². The van der Waals surface area contributed by atoms with E-state index in [1.165, 1.54) is 0 Å². The zero-order valence-electron chi connectivity index (χ0n) is 20.6. The summed E-state index contributed by atoms with van der Waals surface area (Å²) in [6.45, 7) is 8.98. The molecule has 0 saturated heterocycles. The number of carbonyl (C=O) groups is 1. The number of hydrogen-bond donors (Lipinski definition) is 3. The molecule has 0 aliphatic rings. The molecule has 0 aliphatic heterocycles. The van der Waals surface area contributed by atoms with Crippen LogP contribution in [0, 0.1) is 0 Å². The number of nitrogens with zero attached hydrogens (tertiary/aromatic N) is 3. The normalized spacial score (nSPS) is 13.4. The Balaban J connectivity index is 1.97. The molecule has 2 amide bonds. The van der Waals surface area contributed by atoms with Gasteiger partial charge in [-0.25, -0.2) is 14.1 Å². The number of anilines is 1. The lowest BCUT2D eigenvalue weighted by molar-refractivity contribution is 0.260. The minimum absolute atomic E-state index is 0.127. The van der Waals surface area contributed by atoms with Gasteiger partial charge in [0.25, 0.3) is 0 Å². The fourth-order valence-electron chi connectivity index (χ4n) is 3.78.